The van der Waals surface area contributed by atoms with E-state index in [1.807, 2.05) is 36.1 Å². The van der Waals surface area contributed by atoms with Crippen molar-refractivity contribution < 1.29 is 14.7 Å². The number of H-pyrrole nitrogens is 1. The zero-order valence-corrected chi connectivity index (χ0v) is 19.2. The predicted octanol–water partition coefficient (Wildman–Crippen LogP) is 2.83. The second kappa shape index (κ2) is 9.15. The molecule has 7 nitrogen and oxygen atoms in total. The number of aliphatic hydroxyl groups excluding tert-OH is 1. The summed E-state index contributed by atoms with van der Waals surface area (Å²) in [7, 11) is 0. The molecule has 0 aliphatic carbocycles. The molecule has 0 atom stereocenters. The molecule has 7 heteroatoms. The van der Waals surface area contributed by atoms with Gasteiger partial charge in [0.05, 0.1) is 11.1 Å². The van der Waals surface area contributed by atoms with Crippen molar-refractivity contribution in [2.75, 3.05) is 44.6 Å². The summed E-state index contributed by atoms with van der Waals surface area (Å²) >= 11 is 0. The Morgan fingerprint density at radius 2 is 1.88 bits per heavy atom. The van der Waals surface area contributed by atoms with Gasteiger partial charge in [0, 0.05) is 55.3 Å². The van der Waals surface area contributed by atoms with Crippen LogP contribution in [-0.2, 0) is 17.6 Å². The van der Waals surface area contributed by atoms with Crippen molar-refractivity contribution in [3.05, 3.63) is 51.8 Å². The van der Waals surface area contributed by atoms with Gasteiger partial charge >= 0.3 is 0 Å². The van der Waals surface area contributed by atoms with Crippen molar-refractivity contribution in [2.45, 2.75) is 39.0 Å². The van der Waals surface area contributed by atoms with Gasteiger partial charge in [0.25, 0.3) is 11.8 Å². The number of amides is 2. The molecular formula is C26H32N4O3. The molecule has 0 saturated carbocycles. The van der Waals surface area contributed by atoms with Gasteiger partial charge in [-0.3, -0.25) is 9.59 Å². The number of hydrogen-bond donors (Lipinski definition) is 3. The normalized spacial score (nSPS) is 19.7. The van der Waals surface area contributed by atoms with Crippen LogP contribution in [0, 0.1) is 6.92 Å². The minimum absolute atomic E-state index is 0.0233. The SMILES string of the molecule is Cc1c(/C=C2\C(=O)Nc3cccc(CCO)c32)[nH]c2c1C(=O)N(CCN1CCCCC1)CC2. The lowest BCUT2D eigenvalue weighted by atomic mass is 9.96. The second-order valence-electron chi connectivity index (χ2n) is 9.29. The molecule has 3 aliphatic rings. The Kier molecular flexibility index (Phi) is 6.08. The van der Waals surface area contributed by atoms with E-state index in [-0.39, 0.29) is 18.4 Å². The number of nitrogens with zero attached hydrogens (tertiary/aromatic N) is 2. The molecule has 3 N–H and O–H groups in total. The largest absolute Gasteiger partial charge is 0.396 e. The number of hydrogen-bond acceptors (Lipinski definition) is 4. The third kappa shape index (κ3) is 4.11. The fourth-order valence-corrected chi connectivity index (χ4v) is 5.40. The number of nitrogens with one attached hydrogen (secondary N) is 2. The fourth-order valence-electron chi connectivity index (χ4n) is 5.40. The summed E-state index contributed by atoms with van der Waals surface area (Å²) in [6, 6.07) is 5.72. The average molecular weight is 449 g/mol. The maximum Gasteiger partial charge on any atom is 0.256 e. The molecule has 0 bridgehead atoms. The highest BCUT2D eigenvalue weighted by Crippen LogP contribution is 2.37. The molecule has 0 unspecified atom stereocenters. The Morgan fingerprint density at radius 3 is 2.67 bits per heavy atom. The van der Waals surface area contributed by atoms with Gasteiger partial charge in [0.15, 0.2) is 0 Å². The monoisotopic (exact) mass is 448 g/mol. The van der Waals surface area contributed by atoms with E-state index in [0.717, 1.165) is 78.5 Å². The number of fused-ring (bicyclic) bond motifs is 2. The smallest absolute Gasteiger partial charge is 0.256 e. The van der Waals surface area contributed by atoms with Gasteiger partial charge in [-0.05, 0) is 62.5 Å². The van der Waals surface area contributed by atoms with E-state index in [4.69, 9.17) is 0 Å². The van der Waals surface area contributed by atoms with Crippen LogP contribution in [0.2, 0.25) is 0 Å². The van der Waals surface area contributed by atoms with Crippen LogP contribution >= 0.6 is 0 Å². The molecule has 2 amide bonds. The molecule has 0 radical (unpaired) electrons. The van der Waals surface area contributed by atoms with Crippen molar-refractivity contribution in [3.63, 3.8) is 0 Å². The number of rotatable bonds is 6. The van der Waals surface area contributed by atoms with Crippen LogP contribution in [0.3, 0.4) is 0 Å². The zero-order chi connectivity index (χ0) is 22.9. The minimum Gasteiger partial charge on any atom is -0.396 e. The molecular weight excluding hydrogens is 416 g/mol. The van der Waals surface area contributed by atoms with Crippen LogP contribution in [0.5, 0.6) is 0 Å². The van der Waals surface area contributed by atoms with E-state index < -0.39 is 0 Å². The van der Waals surface area contributed by atoms with E-state index in [2.05, 4.69) is 15.2 Å². The lowest BCUT2D eigenvalue weighted by molar-refractivity contribution is -0.110. The highest BCUT2D eigenvalue weighted by atomic mass is 16.3. The number of likely N-dealkylation sites (tertiary alicyclic amines) is 1. The second-order valence-corrected chi connectivity index (χ2v) is 9.29. The lowest BCUT2D eigenvalue weighted by Gasteiger charge is -2.32. The number of piperidine rings is 1. The first kappa shape index (κ1) is 21.9. The number of anilines is 1. The Balaban J connectivity index is 1.40. The van der Waals surface area contributed by atoms with Crippen LogP contribution in [0.15, 0.2) is 18.2 Å². The van der Waals surface area contributed by atoms with Gasteiger partial charge in [-0.25, -0.2) is 0 Å². The summed E-state index contributed by atoms with van der Waals surface area (Å²) in [4.78, 5) is 34.0. The number of aromatic amines is 1. The molecule has 5 rings (SSSR count). The fraction of sp³-hybridized carbons (Fsp3) is 0.462. The zero-order valence-electron chi connectivity index (χ0n) is 19.2. The number of benzene rings is 1. The van der Waals surface area contributed by atoms with E-state index in [1.165, 1.54) is 19.3 Å². The average Bonchev–Trinajstić information content (AvgIpc) is 3.31. The number of aromatic nitrogens is 1. The first-order valence-electron chi connectivity index (χ1n) is 12.1. The van der Waals surface area contributed by atoms with Gasteiger partial charge < -0.3 is 25.2 Å². The Morgan fingerprint density at radius 1 is 1.06 bits per heavy atom. The van der Waals surface area contributed by atoms with Crippen LogP contribution < -0.4 is 5.32 Å². The van der Waals surface area contributed by atoms with Crippen LogP contribution in [0.4, 0.5) is 5.69 Å². The Bertz CT molecular complexity index is 1110. The van der Waals surface area contributed by atoms with E-state index in [0.29, 0.717) is 12.0 Å². The van der Waals surface area contributed by atoms with Crippen molar-refractivity contribution in [2.24, 2.45) is 0 Å². The molecule has 33 heavy (non-hydrogen) atoms. The molecule has 1 fully saturated rings. The van der Waals surface area contributed by atoms with Gasteiger partial charge in [-0.15, -0.1) is 0 Å². The number of carbonyl (C=O) groups excluding carboxylic acids is 2. The summed E-state index contributed by atoms with van der Waals surface area (Å²) in [5, 5.41) is 12.4. The third-order valence-corrected chi connectivity index (χ3v) is 7.22. The molecule has 0 spiro atoms. The minimum atomic E-state index is -0.156. The number of aliphatic hydroxyl groups is 1. The van der Waals surface area contributed by atoms with Crippen molar-refractivity contribution in [3.8, 4) is 0 Å². The molecule has 4 heterocycles. The van der Waals surface area contributed by atoms with Crippen LogP contribution in [0.25, 0.3) is 11.6 Å². The highest BCUT2D eigenvalue weighted by molar-refractivity contribution is 6.35. The van der Waals surface area contributed by atoms with Gasteiger partial charge in [-0.1, -0.05) is 18.6 Å². The third-order valence-electron chi connectivity index (χ3n) is 7.22. The van der Waals surface area contributed by atoms with E-state index in [9.17, 15) is 14.7 Å². The predicted molar refractivity (Wildman–Crippen MR) is 129 cm³/mol. The standard InChI is InChI=1S/C26H32N4O3/c1-17-22(16-19-24-18(9-15-31)6-5-7-20(24)28-25(19)32)27-21-8-12-30(26(33)23(17)21)14-13-29-10-3-2-4-11-29/h5-7,16,27,31H,2-4,8-15H2,1H3,(H,28,32)/b19-16-. The van der Waals surface area contributed by atoms with Crippen LogP contribution in [-0.4, -0.2) is 71.0 Å². The molecule has 1 saturated heterocycles. The van der Waals surface area contributed by atoms with Crippen molar-refractivity contribution in [1.29, 1.82) is 0 Å². The molecule has 1 aromatic carbocycles. The first-order chi connectivity index (χ1) is 16.1. The number of carbonyl (C=O) groups is 2. The summed E-state index contributed by atoms with van der Waals surface area (Å²) in [6.45, 7) is 6.67. The quantitative estimate of drug-likeness (QED) is 0.593. The summed E-state index contributed by atoms with van der Waals surface area (Å²) in [5.41, 5.74) is 6.55. The topological polar surface area (TPSA) is 88.7 Å². The summed E-state index contributed by atoms with van der Waals surface area (Å²) in [6.07, 6.45) is 6.96. The maximum atomic E-state index is 13.3. The van der Waals surface area contributed by atoms with E-state index in [1.54, 1.807) is 0 Å². The molecule has 174 valence electrons. The molecule has 1 aromatic heterocycles. The summed E-state index contributed by atoms with van der Waals surface area (Å²) < 4.78 is 0. The summed E-state index contributed by atoms with van der Waals surface area (Å²) in [5.74, 6) is -0.0688. The molecule has 2 aromatic rings. The van der Waals surface area contributed by atoms with Crippen LogP contribution in [0.1, 0.15) is 57.7 Å². The lowest BCUT2D eigenvalue weighted by Crippen LogP contribution is -2.43. The van der Waals surface area contributed by atoms with Gasteiger partial charge in [0.2, 0.25) is 0 Å². The van der Waals surface area contributed by atoms with Gasteiger partial charge in [0.1, 0.15) is 0 Å². The van der Waals surface area contributed by atoms with E-state index >= 15 is 0 Å². The maximum absolute atomic E-state index is 13.3. The Labute approximate surface area is 194 Å². The first-order valence-corrected chi connectivity index (χ1v) is 12.1. The Hall–Kier alpha value is -2.90. The van der Waals surface area contributed by atoms with Crippen molar-refractivity contribution >= 4 is 29.2 Å². The highest BCUT2D eigenvalue weighted by Gasteiger charge is 2.31. The van der Waals surface area contributed by atoms with Crippen molar-refractivity contribution in [1.82, 2.24) is 14.8 Å². The molecule has 3 aliphatic heterocycles. The van der Waals surface area contributed by atoms with Gasteiger partial charge in [-0.2, -0.15) is 0 Å².